The quantitative estimate of drug-likeness (QED) is 0.110. The zero-order chi connectivity index (χ0) is 24.8. The molecule has 1 heterocycles. The minimum absolute atomic E-state index is 1.04. The van der Waals surface area contributed by atoms with Crippen LogP contribution in [-0.2, 0) is 19.5 Å². The number of benzene rings is 1. The lowest BCUT2D eigenvalue weighted by atomic mass is 10.0. The van der Waals surface area contributed by atoms with Crippen LogP contribution >= 0.6 is 0 Å². The Hall–Kier alpha value is -1.57. The summed E-state index contributed by atoms with van der Waals surface area (Å²) in [6, 6.07) is 11.0. The van der Waals surface area contributed by atoms with E-state index in [2.05, 4.69) is 65.7 Å². The predicted octanol–water partition coefficient (Wildman–Crippen LogP) is 9.82. The summed E-state index contributed by atoms with van der Waals surface area (Å²) in [7, 11) is 0. The van der Waals surface area contributed by atoms with Crippen molar-refractivity contribution < 1.29 is 4.57 Å². The number of hydrogen-bond donors (Lipinski definition) is 0. The van der Waals surface area contributed by atoms with Gasteiger partial charge in [0.05, 0.1) is 19.5 Å². The van der Waals surface area contributed by atoms with E-state index in [0.29, 0.717) is 0 Å². The number of aryl methyl sites for hydroxylation is 2. The summed E-state index contributed by atoms with van der Waals surface area (Å²) in [5, 5.41) is 0. The monoisotopic (exact) mass is 481 g/mol. The fourth-order valence-corrected chi connectivity index (χ4v) is 5.25. The number of rotatable bonds is 23. The van der Waals surface area contributed by atoms with Crippen molar-refractivity contribution in [3.8, 4) is 0 Å². The summed E-state index contributed by atoms with van der Waals surface area (Å²) < 4.78 is 5.08. The zero-order valence-corrected chi connectivity index (χ0v) is 23.5. The Labute approximate surface area is 218 Å². The molecule has 0 aliphatic heterocycles. The maximum Gasteiger partial charge on any atom is 0.260 e. The number of aromatic nitrogens is 2. The lowest BCUT2D eigenvalue weighted by Gasteiger charge is -2.07. The van der Waals surface area contributed by atoms with E-state index in [9.17, 15) is 0 Å². The molecule has 0 radical (unpaired) electrons. The summed E-state index contributed by atoms with van der Waals surface area (Å²) in [5.41, 5.74) is 1.43. The van der Waals surface area contributed by atoms with Crippen LogP contribution < -0.4 is 4.57 Å². The molecule has 0 bridgehead atoms. The van der Waals surface area contributed by atoms with Crippen LogP contribution in [0, 0.1) is 0 Å². The van der Waals surface area contributed by atoms with E-state index in [1.54, 1.807) is 0 Å². The van der Waals surface area contributed by atoms with Gasteiger partial charge in [-0.1, -0.05) is 140 Å². The highest BCUT2D eigenvalue weighted by Gasteiger charge is 2.17. The van der Waals surface area contributed by atoms with Gasteiger partial charge >= 0.3 is 0 Å². The van der Waals surface area contributed by atoms with Crippen molar-refractivity contribution in [1.29, 1.82) is 0 Å². The molecule has 2 heteroatoms. The van der Waals surface area contributed by atoms with Crippen LogP contribution in [0.2, 0.25) is 0 Å². The Morgan fingerprint density at radius 3 is 1.60 bits per heavy atom. The van der Waals surface area contributed by atoms with Crippen molar-refractivity contribution >= 4 is 0 Å². The summed E-state index contributed by atoms with van der Waals surface area (Å²) in [5.74, 6) is 1.49. The minimum Gasteiger partial charge on any atom is -0.234 e. The largest absolute Gasteiger partial charge is 0.260 e. The molecule has 0 fully saturated rings. The maximum atomic E-state index is 2.54. The molecule has 1 aromatic carbocycles. The number of hydrogen-bond acceptors (Lipinski definition) is 0. The van der Waals surface area contributed by atoms with E-state index >= 15 is 0 Å². The van der Waals surface area contributed by atoms with E-state index in [1.807, 2.05) is 0 Å². The normalized spacial score (nSPS) is 11.4. The third-order valence-electron chi connectivity index (χ3n) is 7.55. The standard InChI is InChI=1S/C33H57N2/c1-3-5-7-9-11-12-13-14-15-16-17-19-24-28-35-30-29-34(27-23-18-10-8-6-4-2)33(35)31-32-25-21-20-22-26-32/h20-22,25-26,29-30H,3-19,23-24,27-28,31H2,1-2H3/q+1. The topological polar surface area (TPSA) is 8.81 Å². The number of unbranched alkanes of at least 4 members (excludes halogenated alkanes) is 17. The van der Waals surface area contributed by atoms with Crippen molar-refractivity contribution in [2.75, 3.05) is 0 Å². The van der Waals surface area contributed by atoms with E-state index < -0.39 is 0 Å². The van der Waals surface area contributed by atoms with Crippen molar-refractivity contribution in [2.24, 2.45) is 0 Å². The molecule has 0 atom stereocenters. The second-order valence-corrected chi connectivity index (χ2v) is 10.8. The van der Waals surface area contributed by atoms with Gasteiger partial charge in [0, 0.05) is 0 Å². The van der Waals surface area contributed by atoms with Gasteiger partial charge in [-0.3, -0.25) is 0 Å². The van der Waals surface area contributed by atoms with E-state index in [1.165, 1.54) is 146 Å². The molecule has 198 valence electrons. The molecular formula is C33H57N2+. The van der Waals surface area contributed by atoms with Gasteiger partial charge < -0.3 is 0 Å². The van der Waals surface area contributed by atoms with Gasteiger partial charge in [-0.15, -0.1) is 0 Å². The molecule has 0 spiro atoms. The van der Waals surface area contributed by atoms with Gasteiger partial charge in [-0.05, 0) is 31.2 Å². The second kappa shape index (κ2) is 20.6. The molecule has 2 nitrogen and oxygen atoms in total. The first-order valence-corrected chi connectivity index (χ1v) is 15.5. The Morgan fingerprint density at radius 1 is 0.571 bits per heavy atom. The lowest BCUT2D eigenvalue weighted by molar-refractivity contribution is -0.703. The Bertz CT molecular complexity index is 718. The average molecular weight is 482 g/mol. The fraction of sp³-hybridized carbons (Fsp3) is 0.727. The zero-order valence-electron chi connectivity index (χ0n) is 23.5. The van der Waals surface area contributed by atoms with Crippen LogP contribution in [-0.4, -0.2) is 4.57 Å². The van der Waals surface area contributed by atoms with Crippen LogP contribution in [0.5, 0.6) is 0 Å². The Morgan fingerprint density at radius 2 is 1.06 bits per heavy atom. The first kappa shape index (κ1) is 29.7. The molecule has 1 aromatic heterocycles. The maximum absolute atomic E-state index is 2.54. The summed E-state index contributed by atoms with van der Waals surface area (Å²) in [6.07, 6.45) is 32.4. The fourth-order valence-electron chi connectivity index (χ4n) is 5.25. The highest BCUT2D eigenvalue weighted by Crippen LogP contribution is 2.14. The van der Waals surface area contributed by atoms with Crippen LogP contribution in [0.1, 0.15) is 147 Å². The van der Waals surface area contributed by atoms with Crippen molar-refractivity contribution in [3.05, 3.63) is 54.1 Å². The first-order chi connectivity index (χ1) is 17.3. The van der Waals surface area contributed by atoms with Gasteiger partial charge in [0.1, 0.15) is 12.4 Å². The van der Waals surface area contributed by atoms with Crippen LogP contribution in [0.15, 0.2) is 42.7 Å². The summed E-state index contributed by atoms with van der Waals surface area (Å²) in [4.78, 5) is 0. The number of imidazole rings is 1. The first-order valence-electron chi connectivity index (χ1n) is 15.5. The summed E-state index contributed by atoms with van der Waals surface area (Å²) in [6.45, 7) is 6.94. The minimum atomic E-state index is 1.04. The highest BCUT2D eigenvalue weighted by molar-refractivity contribution is 5.18. The van der Waals surface area contributed by atoms with Gasteiger partial charge in [0.15, 0.2) is 0 Å². The molecule has 2 rings (SSSR count). The van der Waals surface area contributed by atoms with E-state index in [4.69, 9.17) is 0 Å². The molecule has 0 aliphatic carbocycles. The third kappa shape index (κ3) is 13.9. The molecule has 35 heavy (non-hydrogen) atoms. The SMILES string of the molecule is CCCCCCCCCCCCCCC[n+]1ccn(CCCCCCCC)c1Cc1ccccc1. The van der Waals surface area contributed by atoms with Gasteiger partial charge in [-0.2, -0.15) is 0 Å². The average Bonchev–Trinajstić information content (AvgIpc) is 3.25. The van der Waals surface area contributed by atoms with Crippen LogP contribution in [0.3, 0.4) is 0 Å². The lowest BCUT2D eigenvalue weighted by Crippen LogP contribution is -2.37. The molecule has 0 saturated carbocycles. The van der Waals surface area contributed by atoms with Gasteiger partial charge in [-0.25, -0.2) is 9.13 Å². The molecule has 0 saturated heterocycles. The van der Waals surface area contributed by atoms with Crippen molar-refractivity contribution in [1.82, 2.24) is 4.57 Å². The van der Waals surface area contributed by atoms with Gasteiger partial charge in [0.2, 0.25) is 0 Å². The van der Waals surface area contributed by atoms with E-state index in [0.717, 1.165) is 6.42 Å². The van der Waals surface area contributed by atoms with Gasteiger partial charge in [0.25, 0.3) is 5.82 Å². The second-order valence-electron chi connectivity index (χ2n) is 10.8. The molecule has 2 aromatic rings. The van der Waals surface area contributed by atoms with Crippen LogP contribution in [0.25, 0.3) is 0 Å². The van der Waals surface area contributed by atoms with E-state index in [-0.39, 0.29) is 0 Å². The molecule has 0 aliphatic rings. The Balaban J connectivity index is 1.66. The third-order valence-corrected chi connectivity index (χ3v) is 7.55. The summed E-state index contributed by atoms with van der Waals surface area (Å²) >= 11 is 0. The molecule has 0 amide bonds. The van der Waals surface area contributed by atoms with Crippen molar-refractivity contribution in [2.45, 2.75) is 155 Å². The molecule has 0 N–H and O–H groups in total. The number of nitrogens with zero attached hydrogens (tertiary/aromatic N) is 2. The smallest absolute Gasteiger partial charge is 0.234 e. The van der Waals surface area contributed by atoms with Crippen molar-refractivity contribution in [3.63, 3.8) is 0 Å². The highest BCUT2D eigenvalue weighted by atomic mass is 15.1. The molecule has 0 unspecified atom stereocenters. The molecular weight excluding hydrogens is 424 g/mol. The predicted molar refractivity (Wildman–Crippen MR) is 153 cm³/mol. The Kier molecular flexibility index (Phi) is 17.5. The van der Waals surface area contributed by atoms with Crippen LogP contribution in [0.4, 0.5) is 0 Å².